The molecule has 3 aliphatic heterocycles. The van der Waals surface area contributed by atoms with E-state index in [0.29, 0.717) is 89.2 Å². The third-order valence-electron chi connectivity index (χ3n) is 16.3. The molecule has 4 aliphatic rings. The minimum Gasteiger partial charge on any atom is -0.481 e. The Morgan fingerprint density at radius 1 is 0.522 bits per heavy atom. The molecule has 3 amide bonds. The van der Waals surface area contributed by atoms with Crippen molar-refractivity contribution in [3.05, 3.63) is 35.2 Å². The number of aromatic nitrogens is 3. The van der Waals surface area contributed by atoms with Crippen molar-refractivity contribution in [2.24, 2.45) is 0 Å². The first-order valence-corrected chi connectivity index (χ1v) is 31.6. The van der Waals surface area contributed by atoms with Gasteiger partial charge in [-0.2, -0.15) is 15.0 Å². The van der Waals surface area contributed by atoms with E-state index in [1.54, 1.807) is 19.6 Å². The summed E-state index contributed by atoms with van der Waals surface area (Å²) in [5, 5.41) is 86.6. The van der Waals surface area contributed by atoms with Gasteiger partial charge in [0.15, 0.2) is 0 Å². The average molecular weight is 1300 g/mol. The fourth-order valence-electron chi connectivity index (χ4n) is 11.3. The highest BCUT2D eigenvalue weighted by atomic mass is 16.4. The molecule has 1 aliphatic carbocycles. The quantitative estimate of drug-likeness (QED) is 0.0317. The maximum absolute atomic E-state index is 12.4. The Morgan fingerprint density at radius 2 is 1.02 bits per heavy atom. The summed E-state index contributed by atoms with van der Waals surface area (Å²) in [6.07, 6.45) is 14.7. The Balaban J connectivity index is 1.09. The number of hydrogen-bond donors (Lipinski definition) is 12. The number of amides is 3. The van der Waals surface area contributed by atoms with Crippen LogP contribution in [0.1, 0.15) is 103 Å². The van der Waals surface area contributed by atoms with Crippen molar-refractivity contribution in [1.29, 1.82) is 0 Å². The highest BCUT2D eigenvalue weighted by Gasteiger charge is 2.30. The number of hydrogen-bond acceptors (Lipinski definition) is 22. The molecule has 1 aromatic rings. The average Bonchev–Trinajstić information content (AvgIpc) is 1.14. The van der Waals surface area contributed by atoms with Crippen LogP contribution in [-0.2, 0) is 43.2 Å². The summed E-state index contributed by atoms with van der Waals surface area (Å²) in [6.45, 7) is 6.16. The van der Waals surface area contributed by atoms with Gasteiger partial charge in [-0.1, -0.05) is 56.3 Å². The minimum atomic E-state index is -1.52. The molecule has 0 aromatic carbocycles. The third kappa shape index (κ3) is 29.4. The Labute approximate surface area is 534 Å². The largest absolute Gasteiger partial charge is 0.481 e. The third-order valence-corrected chi connectivity index (χ3v) is 16.3. The van der Waals surface area contributed by atoms with Crippen LogP contribution in [0.2, 0.25) is 0 Å². The number of piperazine rings is 2. The van der Waals surface area contributed by atoms with Gasteiger partial charge >= 0.3 is 53.8 Å². The van der Waals surface area contributed by atoms with E-state index in [9.17, 15) is 83.7 Å². The number of carboxylic acid groups (broad SMARTS) is 8. The highest BCUT2D eigenvalue weighted by molar-refractivity contribution is 5.93. The molecule has 0 radical (unpaired) electrons. The molecule has 1 aromatic heterocycles. The molecule has 0 saturated carbocycles. The Kier molecular flexibility index (Phi) is 32.4. The molecule has 512 valence electrons. The smallest absolute Gasteiger partial charge is 0.352 e. The van der Waals surface area contributed by atoms with Crippen LogP contribution in [0.25, 0.3) is 0 Å². The van der Waals surface area contributed by atoms with Gasteiger partial charge in [-0.15, -0.1) is 0 Å². The summed E-state index contributed by atoms with van der Waals surface area (Å²) < 4.78 is 0. The molecular formula is C59H93N15O18. The van der Waals surface area contributed by atoms with Gasteiger partial charge in [0.2, 0.25) is 23.8 Å². The van der Waals surface area contributed by atoms with E-state index in [-0.39, 0.29) is 104 Å². The van der Waals surface area contributed by atoms with Gasteiger partial charge in [0.05, 0.1) is 32.7 Å². The highest BCUT2D eigenvalue weighted by Crippen LogP contribution is 2.27. The first-order chi connectivity index (χ1) is 44.0. The van der Waals surface area contributed by atoms with E-state index in [1.165, 1.54) is 6.08 Å². The van der Waals surface area contributed by atoms with Crippen LogP contribution in [0.4, 0.5) is 22.6 Å². The monoisotopic (exact) mass is 1300 g/mol. The SMILES string of the molecule is O=C(O)CC[C@H](NC(=O)N/C(=C/CCCNC(=O)CCCCCCCCCCN1CCN(c2nc(NC3=CC=C(CC4CN(CC(=O)O)CCN(CC(=O)O)CCN(CC(=O)O)CCN4CC(=O)O)CC3)nc(N3CCN(CC(=O)O)CC3)n2)CC1)C(=O)O)C(=O)O. The molecule has 33 heteroatoms. The number of carboxylic acids is 8. The van der Waals surface area contributed by atoms with Crippen molar-refractivity contribution in [2.75, 3.05) is 159 Å². The van der Waals surface area contributed by atoms with Gasteiger partial charge in [-0.05, 0) is 64.0 Å². The molecule has 0 spiro atoms. The predicted molar refractivity (Wildman–Crippen MR) is 333 cm³/mol. The summed E-state index contributed by atoms with van der Waals surface area (Å²) in [6, 6.07) is -3.13. The van der Waals surface area contributed by atoms with Gasteiger partial charge < -0.3 is 71.9 Å². The summed E-state index contributed by atoms with van der Waals surface area (Å²) in [5.74, 6) is -8.18. The summed E-state index contributed by atoms with van der Waals surface area (Å²) in [4.78, 5) is 148. The van der Waals surface area contributed by atoms with E-state index in [0.717, 1.165) is 82.3 Å². The lowest BCUT2D eigenvalue weighted by Gasteiger charge is -2.38. The molecule has 5 rings (SSSR count). The van der Waals surface area contributed by atoms with Crippen molar-refractivity contribution < 1.29 is 88.8 Å². The van der Waals surface area contributed by atoms with Gasteiger partial charge in [0.25, 0.3) is 0 Å². The summed E-state index contributed by atoms with van der Waals surface area (Å²) in [5.41, 5.74) is 1.32. The molecule has 12 N–H and O–H groups in total. The molecule has 2 atom stereocenters. The number of urea groups is 1. The van der Waals surface area contributed by atoms with Gasteiger partial charge in [0, 0.05) is 129 Å². The van der Waals surface area contributed by atoms with Crippen molar-refractivity contribution >= 4 is 77.5 Å². The summed E-state index contributed by atoms with van der Waals surface area (Å²) in [7, 11) is 0. The fourth-order valence-corrected chi connectivity index (χ4v) is 11.3. The van der Waals surface area contributed by atoms with Gasteiger partial charge in [-0.3, -0.25) is 63.0 Å². The number of nitrogens with one attached hydrogen (secondary N) is 4. The topological polar surface area (TPSA) is 445 Å². The number of allylic oxidation sites excluding steroid dienone is 4. The Hall–Kier alpha value is -8.11. The van der Waals surface area contributed by atoms with Crippen molar-refractivity contribution in [3.63, 3.8) is 0 Å². The van der Waals surface area contributed by atoms with Crippen LogP contribution in [-0.4, -0.2) is 301 Å². The lowest BCUT2D eigenvalue weighted by Crippen LogP contribution is -2.53. The zero-order valence-corrected chi connectivity index (χ0v) is 52.3. The normalized spacial score (nSPS) is 18.5. The second kappa shape index (κ2) is 40.0. The lowest BCUT2D eigenvalue weighted by atomic mass is 9.95. The van der Waals surface area contributed by atoms with Gasteiger partial charge in [0.1, 0.15) is 11.7 Å². The van der Waals surface area contributed by atoms with Gasteiger partial charge in [-0.25, -0.2) is 14.4 Å². The van der Waals surface area contributed by atoms with E-state index in [1.807, 2.05) is 22.0 Å². The molecule has 4 heterocycles. The first-order valence-electron chi connectivity index (χ1n) is 31.6. The second-order valence-electron chi connectivity index (χ2n) is 23.5. The predicted octanol–water partition coefficient (Wildman–Crippen LogP) is 0.528. The van der Waals surface area contributed by atoms with Crippen molar-refractivity contribution in [1.82, 2.24) is 60.3 Å². The Morgan fingerprint density at radius 3 is 1.53 bits per heavy atom. The zero-order chi connectivity index (χ0) is 67.0. The minimum absolute atomic E-state index is 0.0654. The molecule has 1 unspecified atom stereocenters. The Bertz CT molecular complexity index is 2740. The molecule has 0 bridgehead atoms. The van der Waals surface area contributed by atoms with Crippen LogP contribution < -0.4 is 31.1 Å². The van der Waals surface area contributed by atoms with Crippen LogP contribution in [0, 0.1) is 0 Å². The number of unbranched alkanes of at least 4 members (excludes halogenated alkanes) is 8. The molecular weight excluding hydrogens is 1210 g/mol. The maximum atomic E-state index is 12.4. The van der Waals surface area contributed by atoms with Crippen LogP contribution in [0.3, 0.4) is 0 Å². The maximum Gasteiger partial charge on any atom is 0.352 e. The van der Waals surface area contributed by atoms with E-state index in [4.69, 9.17) is 20.1 Å². The van der Waals surface area contributed by atoms with E-state index < -0.39 is 78.0 Å². The number of carbonyl (C=O) groups excluding carboxylic acids is 2. The number of nitrogens with zero attached hydrogens (tertiary/aromatic N) is 11. The standard InChI is InChI=1S/C59H93N15O18/c75-47(60-19-9-8-11-45(54(88)89)62-59(92)63-46(55(90)91)17-18-48(76)77)12-7-5-3-1-2-4-6-10-20-67-25-30-72(31-26-67)57-64-56(65-58(66-57)73-32-27-70(28-33-73)39-51(82)83)61-43-15-13-42(14-16-43)35-44-36-71(40-52(84)85)24-23-68(37-49(78)79)21-22-69(38-50(80)81)29-34-74(44)41-53(86)87/h11,13,15,44,46H,1-10,12,14,16-41H2,(H,60,75)(H,76,77)(H,78,79)(H,80,81)(H,82,83)(H,84,85)(H,86,87)(H,88,89)(H,90,91)(H2,62,63,92)(H,61,64,65,66)/b45-11+/t44?,46-/m0/s1. The number of anilines is 3. The summed E-state index contributed by atoms with van der Waals surface area (Å²) >= 11 is 0. The zero-order valence-electron chi connectivity index (χ0n) is 52.3. The number of aliphatic carboxylic acids is 8. The first kappa shape index (κ1) is 74.6. The number of carbonyl (C=O) groups is 10. The van der Waals surface area contributed by atoms with E-state index in [2.05, 4.69) is 31.1 Å². The fraction of sp³-hybridized carbons (Fsp3) is 0.678. The molecule has 3 fully saturated rings. The van der Waals surface area contributed by atoms with E-state index >= 15 is 0 Å². The molecule has 33 nitrogen and oxygen atoms in total. The van der Waals surface area contributed by atoms with Crippen LogP contribution in [0.15, 0.2) is 35.2 Å². The van der Waals surface area contributed by atoms with Crippen molar-refractivity contribution in [2.45, 2.75) is 115 Å². The lowest BCUT2D eigenvalue weighted by molar-refractivity contribution is -0.142. The van der Waals surface area contributed by atoms with Crippen LogP contribution in [0.5, 0.6) is 0 Å². The number of rotatable bonds is 38. The second-order valence-corrected chi connectivity index (χ2v) is 23.5. The molecule has 3 saturated heterocycles. The molecule has 92 heavy (non-hydrogen) atoms. The van der Waals surface area contributed by atoms with Crippen molar-refractivity contribution in [3.8, 4) is 0 Å². The van der Waals surface area contributed by atoms with Crippen LogP contribution >= 0.6 is 0 Å².